The number of aromatic amines is 1. The van der Waals surface area contributed by atoms with E-state index in [1.165, 1.54) is 24.1 Å². The van der Waals surface area contributed by atoms with Gasteiger partial charge in [-0.25, -0.2) is 4.39 Å². The number of benzene rings is 1. The van der Waals surface area contributed by atoms with Crippen molar-refractivity contribution in [1.29, 1.82) is 0 Å². The van der Waals surface area contributed by atoms with E-state index in [2.05, 4.69) is 36.1 Å². The van der Waals surface area contributed by atoms with Gasteiger partial charge in [0.25, 0.3) is 0 Å². The lowest BCUT2D eigenvalue weighted by atomic mass is 10.1. The Morgan fingerprint density at radius 2 is 2.17 bits per heavy atom. The summed E-state index contributed by atoms with van der Waals surface area (Å²) >= 11 is 0. The number of hydrogen-bond acceptors (Lipinski definition) is 1. The zero-order valence-electron chi connectivity index (χ0n) is 14.3. The molecule has 0 saturated heterocycles. The number of nitrogens with zero attached hydrogens (tertiary/aromatic N) is 2. The zero-order valence-corrected chi connectivity index (χ0v) is 14.3. The van der Waals surface area contributed by atoms with Crippen LogP contribution in [-0.4, -0.2) is 42.5 Å². The van der Waals surface area contributed by atoms with E-state index in [4.69, 9.17) is 4.99 Å². The molecule has 1 aromatic carbocycles. The van der Waals surface area contributed by atoms with Gasteiger partial charge in [-0.3, -0.25) is 4.99 Å². The Labute approximate surface area is 137 Å². The number of fused-ring (bicyclic) bond motifs is 1. The molecular formula is C18H27FN4. The van der Waals surface area contributed by atoms with Gasteiger partial charge in [-0.05, 0) is 43.5 Å². The number of H-pyrrole nitrogens is 1. The monoisotopic (exact) mass is 318 g/mol. The standard InChI is InChI=1S/C18H27FN4/c1-4-6-11-23(3)18(20-5-2)21-10-9-14-13-22-17-12-15(19)7-8-16(14)17/h7-8,12-13,22H,4-6,9-11H2,1-3H3,(H,20,21). The fourth-order valence-corrected chi connectivity index (χ4v) is 2.62. The summed E-state index contributed by atoms with van der Waals surface area (Å²) in [7, 11) is 2.08. The van der Waals surface area contributed by atoms with Crippen molar-refractivity contribution in [3.8, 4) is 0 Å². The van der Waals surface area contributed by atoms with Gasteiger partial charge in [0.05, 0.1) is 0 Å². The summed E-state index contributed by atoms with van der Waals surface area (Å²) < 4.78 is 13.2. The molecule has 23 heavy (non-hydrogen) atoms. The molecule has 1 aromatic heterocycles. The van der Waals surface area contributed by atoms with Crippen molar-refractivity contribution in [3.63, 3.8) is 0 Å². The molecule has 0 aliphatic rings. The van der Waals surface area contributed by atoms with Crippen molar-refractivity contribution >= 4 is 16.9 Å². The van der Waals surface area contributed by atoms with E-state index in [1.54, 1.807) is 0 Å². The molecule has 1 heterocycles. The Kier molecular flexibility index (Phi) is 6.44. The number of aromatic nitrogens is 1. The highest BCUT2D eigenvalue weighted by Crippen LogP contribution is 2.19. The second-order valence-corrected chi connectivity index (χ2v) is 5.76. The highest BCUT2D eigenvalue weighted by molar-refractivity contribution is 5.83. The SMILES string of the molecule is CCCCN(C)C(=NCCc1c[nH]c2cc(F)ccc12)NCC. The average molecular weight is 318 g/mol. The number of guanidine groups is 1. The molecule has 0 aliphatic carbocycles. The quantitative estimate of drug-likeness (QED) is 0.606. The Morgan fingerprint density at radius 1 is 1.35 bits per heavy atom. The minimum atomic E-state index is -0.212. The van der Waals surface area contributed by atoms with Crippen molar-refractivity contribution in [2.45, 2.75) is 33.1 Å². The van der Waals surface area contributed by atoms with Gasteiger partial charge in [0.15, 0.2) is 5.96 Å². The van der Waals surface area contributed by atoms with E-state index in [0.29, 0.717) is 6.54 Å². The maximum Gasteiger partial charge on any atom is 0.193 e. The molecule has 2 rings (SSSR count). The number of unbranched alkanes of at least 4 members (excludes halogenated alkanes) is 1. The first-order valence-electron chi connectivity index (χ1n) is 8.40. The fourth-order valence-electron chi connectivity index (χ4n) is 2.62. The molecule has 126 valence electrons. The van der Waals surface area contributed by atoms with Gasteiger partial charge in [-0.1, -0.05) is 13.3 Å². The van der Waals surface area contributed by atoms with Gasteiger partial charge in [0.1, 0.15) is 5.82 Å². The van der Waals surface area contributed by atoms with Crippen LogP contribution in [0.15, 0.2) is 29.4 Å². The smallest absolute Gasteiger partial charge is 0.193 e. The van der Waals surface area contributed by atoms with Crippen molar-refractivity contribution in [3.05, 3.63) is 35.8 Å². The fraction of sp³-hybridized carbons (Fsp3) is 0.500. The van der Waals surface area contributed by atoms with Crippen LogP contribution in [0.25, 0.3) is 10.9 Å². The lowest BCUT2D eigenvalue weighted by Gasteiger charge is -2.21. The van der Waals surface area contributed by atoms with Crippen molar-refractivity contribution in [1.82, 2.24) is 15.2 Å². The third-order valence-corrected chi connectivity index (χ3v) is 3.92. The molecule has 0 bridgehead atoms. The molecule has 0 fully saturated rings. The molecular weight excluding hydrogens is 291 g/mol. The molecule has 0 radical (unpaired) electrons. The first kappa shape index (κ1) is 17.3. The van der Waals surface area contributed by atoms with Crippen LogP contribution >= 0.6 is 0 Å². The average Bonchev–Trinajstić information content (AvgIpc) is 2.94. The van der Waals surface area contributed by atoms with Gasteiger partial charge in [-0.2, -0.15) is 0 Å². The molecule has 0 saturated carbocycles. The Hall–Kier alpha value is -2.04. The lowest BCUT2D eigenvalue weighted by Crippen LogP contribution is -2.39. The number of rotatable bonds is 7. The second-order valence-electron chi connectivity index (χ2n) is 5.76. The second kappa shape index (κ2) is 8.56. The van der Waals surface area contributed by atoms with E-state index < -0.39 is 0 Å². The minimum absolute atomic E-state index is 0.212. The summed E-state index contributed by atoms with van der Waals surface area (Å²) in [6.07, 6.45) is 5.13. The van der Waals surface area contributed by atoms with Crippen LogP contribution in [0.1, 0.15) is 32.3 Å². The normalized spacial score (nSPS) is 11.9. The molecule has 0 aliphatic heterocycles. The van der Waals surface area contributed by atoms with Crippen LogP contribution < -0.4 is 5.32 Å². The molecule has 2 N–H and O–H groups in total. The first-order chi connectivity index (χ1) is 11.2. The van der Waals surface area contributed by atoms with E-state index in [0.717, 1.165) is 42.8 Å². The molecule has 0 unspecified atom stereocenters. The van der Waals surface area contributed by atoms with Crippen LogP contribution in [0, 0.1) is 5.82 Å². The number of nitrogens with one attached hydrogen (secondary N) is 2. The summed E-state index contributed by atoms with van der Waals surface area (Å²) in [6.45, 7) is 6.86. The Balaban J connectivity index is 2.01. The molecule has 2 aromatic rings. The zero-order chi connectivity index (χ0) is 16.7. The van der Waals surface area contributed by atoms with Gasteiger partial charge in [0, 0.05) is 43.8 Å². The number of hydrogen-bond donors (Lipinski definition) is 2. The summed E-state index contributed by atoms with van der Waals surface area (Å²) in [5.74, 6) is 0.739. The largest absolute Gasteiger partial charge is 0.361 e. The lowest BCUT2D eigenvalue weighted by molar-refractivity contribution is 0.465. The maximum atomic E-state index is 13.2. The van der Waals surface area contributed by atoms with Gasteiger partial charge < -0.3 is 15.2 Å². The summed E-state index contributed by atoms with van der Waals surface area (Å²) in [6, 6.07) is 4.87. The summed E-state index contributed by atoms with van der Waals surface area (Å²) in [5.41, 5.74) is 2.02. The number of halogens is 1. The molecule has 0 amide bonds. The predicted octanol–water partition coefficient (Wildman–Crippen LogP) is 3.55. The van der Waals surface area contributed by atoms with E-state index in [-0.39, 0.29) is 5.82 Å². The highest BCUT2D eigenvalue weighted by Gasteiger charge is 2.06. The third-order valence-electron chi connectivity index (χ3n) is 3.92. The Bertz CT molecular complexity index is 648. The molecule has 0 spiro atoms. The van der Waals surface area contributed by atoms with E-state index in [1.807, 2.05) is 12.3 Å². The van der Waals surface area contributed by atoms with Crippen LogP contribution in [0.3, 0.4) is 0 Å². The maximum absolute atomic E-state index is 13.2. The molecule has 5 heteroatoms. The van der Waals surface area contributed by atoms with Crippen LogP contribution in [-0.2, 0) is 6.42 Å². The van der Waals surface area contributed by atoms with Gasteiger partial charge >= 0.3 is 0 Å². The predicted molar refractivity (Wildman–Crippen MR) is 95.5 cm³/mol. The van der Waals surface area contributed by atoms with Gasteiger partial charge in [-0.15, -0.1) is 0 Å². The van der Waals surface area contributed by atoms with Crippen molar-refractivity contribution < 1.29 is 4.39 Å². The molecule has 4 nitrogen and oxygen atoms in total. The Morgan fingerprint density at radius 3 is 2.91 bits per heavy atom. The van der Waals surface area contributed by atoms with Crippen LogP contribution in [0.5, 0.6) is 0 Å². The number of aliphatic imine (C=N–C) groups is 1. The third kappa shape index (κ3) is 4.71. The first-order valence-corrected chi connectivity index (χ1v) is 8.40. The minimum Gasteiger partial charge on any atom is -0.361 e. The summed E-state index contributed by atoms with van der Waals surface area (Å²) in [4.78, 5) is 10.0. The topological polar surface area (TPSA) is 43.4 Å². The molecule has 0 atom stereocenters. The van der Waals surface area contributed by atoms with Crippen LogP contribution in [0.2, 0.25) is 0 Å². The van der Waals surface area contributed by atoms with E-state index in [9.17, 15) is 4.39 Å². The van der Waals surface area contributed by atoms with Crippen LogP contribution in [0.4, 0.5) is 4.39 Å². The van der Waals surface area contributed by atoms with Gasteiger partial charge in [0.2, 0.25) is 0 Å². The van der Waals surface area contributed by atoms with Crippen molar-refractivity contribution in [2.75, 3.05) is 26.7 Å². The summed E-state index contributed by atoms with van der Waals surface area (Å²) in [5, 5.41) is 4.41. The van der Waals surface area contributed by atoms with Crippen molar-refractivity contribution in [2.24, 2.45) is 4.99 Å². The van der Waals surface area contributed by atoms with E-state index >= 15 is 0 Å². The highest BCUT2D eigenvalue weighted by atomic mass is 19.1.